The maximum Gasteiger partial charge on any atom is 0.312 e. The average molecular weight is 407 g/mol. The molecule has 1 atom stereocenters. The van der Waals surface area contributed by atoms with Crippen molar-refractivity contribution >= 4 is 17.8 Å². The van der Waals surface area contributed by atoms with Gasteiger partial charge in [0.05, 0.1) is 18.2 Å². The van der Waals surface area contributed by atoms with Gasteiger partial charge in [0, 0.05) is 6.20 Å². The Morgan fingerprint density at radius 2 is 1.73 bits per heavy atom. The summed E-state index contributed by atoms with van der Waals surface area (Å²) in [5.74, 6) is 0.176. The molecule has 0 radical (unpaired) electrons. The lowest BCUT2D eigenvalue weighted by molar-refractivity contribution is -0.143. The number of ether oxygens (including phenoxy) is 2. The van der Waals surface area contributed by atoms with Crippen LogP contribution in [0.2, 0.25) is 0 Å². The normalized spacial score (nSPS) is 11.3. The van der Waals surface area contributed by atoms with Crippen molar-refractivity contribution in [1.82, 2.24) is 10.3 Å². The van der Waals surface area contributed by atoms with Gasteiger partial charge in [-0.2, -0.15) is 0 Å². The molecule has 0 saturated heterocycles. The molecule has 2 aromatic carbocycles. The molecule has 0 aliphatic rings. The maximum atomic E-state index is 12.3. The Hall–Kier alpha value is -4.07. The minimum Gasteiger partial charge on any atom is -0.457 e. The second-order valence-electron chi connectivity index (χ2n) is 6.42. The first-order chi connectivity index (χ1) is 14.5. The van der Waals surface area contributed by atoms with Gasteiger partial charge >= 0.3 is 12.0 Å². The lowest BCUT2D eigenvalue weighted by atomic mass is 10.0. The van der Waals surface area contributed by atoms with Gasteiger partial charge in [-0.25, -0.2) is 4.79 Å². The number of nitrogens with one attached hydrogen (secondary N) is 2. The van der Waals surface area contributed by atoms with E-state index in [0.717, 1.165) is 0 Å². The van der Waals surface area contributed by atoms with E-state index in [0.29, 0.717) is 22.8 Å². The maximum absolute atomic E-state index is 12.3. The van der Waals surface area contributed by atoms with E-state index >= 15 is 0 Å². The monoisotopic (exact) mass is 407 g/mol. The molecule has 3 rings (SSSR count). The third-order valence-electron chi connectivity index (χ3n) is 4.19. The largest absolute Gasteiger partial charge is 0.457 e. The summed E-state index contributed by atoms with van der Waals surface area (Å²) in [5, 5.41) is 2.52. The lowest BCUT2D eigenvalue weighted by Crippen LogP contribution is -2.34. The summed E-state index contributed by atoms with van der Waals surface area (Å²) >= 11 is 0. The van der Waals surface area contributed by atoms with Crippen LogP contribution in [0.25, 0.3) is 0 Å². The molecule has 8 nitrogen and oxygen atoms in total. The number of benzene rings is 2. The summed E-state index contributed by atoms with van der Waals surface area (Å²) in [6.07, 6.45) is 1.40. The van der Waals surface area contributed by atoms with Gasteiger partial charge in [0.15, 0.2) is 6.61 Å². The molecular formula is C22H21N3O5. The molecule has 1 aromatic heterocycles. The fourth-order valence-corrected chi connectivity index (χ4v) is 2.80. The van der Waals surface area contributed by atoms with Gasteiger partial charge in [0.2, 0.25) is 5.78 Å². The van der Waals surface area contributed by atoms with Gasteiger partial charge in [-0.05, 0) is 42.0 Å². The Morgan fingerprint density at radius 1 is 0.967 bits per heavy atom. The second kappa shape index (κ2) is 9.92. The summed E-state index contributed by atoms with van der Waals surface area (Å²) in [7, 11) is 0. The number of amides is 2. The minimum absolute atomic E-state index is 0.199. The van der Waals surface area contributed by atoms with E-state index in [9.17, 15) is 14.4 Å². The molecule has 0 unspecified atom stereocenters. The number of hydrogen-bond acceptors (Lipinski definition) is 5. The van der Waals surface area contributed by atoms with Crippen LogP contribution in [0.1, 0.15) is 28.5 Å². The van der Waals surface area contributed by atoms with Gasteiger partial charge in [0.25, 0.3) is 0 Å². The Bertz CT molecular complexity index is 1000. The number of Topliss-reactive ketones (excluding diaryl/α,β-unsaturated/α-hetero) is 1. The van der Waals surface area contributed by atoms with Crippen molar-refractivity contribution in [3.05, 3.63) is 84.2 Å². The molecule has 0 fully saturated rings. The zero-order chi connectivity index (χ0) is 21.3. The number of carbonyl (C=O) groups is 3. The highest BCUT2D eigenvalue weighted by atomic mass is 16.5. The van der Waals surface area contributed by atoms with E-state index in [-0.39, 0.29) is 12.2 Å². The predicted octanol–water partition coefficient (Wildman–Crippen LogP) is 3.33. The second-order valence-corrected chi connectivity index (χ2v) is 6.42. The van der Waals surface area contributed by atoms with Crippen LogP contribution in [0.3, 0.4) is 0 Å². The van der Waals surface area contributed by atoms with Crippen LogP contribution in [0.15, 0.2) is 72.9 Å². The van der Waals surface area contributed by atoms with Crippen LogP contribution in [0, 0.1) is 0 Å². The number of esters is 1. The number of aromatic nitrogens is 1. The number of hydrogen-bond donors (Lipinski definition) is 3. The van der Waals surface area contributed by atoms with Gasteiger partial charge in [-0.1, -0.05) is 30.3 Å². The number of carbonyl (C=O) groups excluding carboxylic acids is 3. The van der Waals surface area contributed by atoms with Crippen LogP contribution in [-0.2, 0) is 9.53 Å². The first-order valence-electron chi connectivity index (χ1n) is 9.22. The number of nitrogens with two attached hydrogens (primary N) is 1. The van der Waals surface area contributed by atoms with Gasteiger partial charge in [-0.3, -0.25) is 9.59 Å². The highest BCUT2D eigenvalue weighted by Crippen LogP contribution is 2.26. The van der Waals surface area contributed by atoms with Crippen molar-refractivity contribution in [3.8, 4) is 11.5 Å². The standard InChI is InChI=1S/C22H21N3O5/c23-22(28)25-19(13-21(27)29-14-20(26)18-10-5-11-24-18)15-6-4-9-17(12-15)30-16-7-2-1-3-8-16/h1-12,19,24H,13-14H2,(H3,23,25,28)/t19-/m1/s1. The number of ketones is 1. The van der Waals surface area contributed by atoms with E-state index in [1.54, 1.807) is 42.6 Å². The van der Waals surface area contributed by atoms with Crippen LogP contribution in [0.4, 0.5) is 4.79 Å². The molecule has 0 aliphatic carbocycles. The average Bonchev–Trinajstić information content (AvgIpc) is 3.27. The first-order valence-corrected chi connectivity index (χ1v) is 9.22. The van der Waals surface area contributed by atoms with Crippen molar-refractivity contribution in [2.75, 3.05) is 6.61 Å². The van der Waals surface area contributed by atoms with Crippen molar-refractivity contribution < 1.29 is 23.9 Å². The van der Waals surface area contributed by atoms with Gasteiger partial charge < -0.3 is 25.5 Å². The van der Waals surface area contributed by atoms with Gasteiger partial charge in [-0.15, -0.1) is 0 Å². The zero-order valence-electron chi connectivity index (χ0n) is 16.0. The van der Waals surface area contributed by atoms with Crippen molar-refractivity contribution in [2.24, 2.45) is 5.73 Å². The fourth-order valence-electron chi connectivity index (χ4n) is 2.80. The molecule has 30 heavy (non-hydrogen) atoms. The molecule has 3 aromatic rings. The SMILES string of the molecule is NC(=O)N[C@H](CC(=O)OCC(=O)c1ccc[nH]1)c1cccc(Oc2ccccc2)c1. The number of primary amides is 1. The van der Waals surface area contributed by atoms with E-state index in [4.69, 9.17) is 15.2 Å². The van der Waals surface area contributed by atoms with Crippen LogP contribution < -0.4 is 15.8 Å². The Balaban J connectivity index is 1.66. The molecule has 0 aliphatic heterocycles. The van der Waals surface area contributed by atoms with Crippen molar-refractivity contribution in [1.29, 1.82) is 0 Å². The zero-order valence-corrected chi connectivity index (χ0v) is 16.0. The minimum atomic E-state index is -0.787. The molecule has 2 amide bonds. The highest BCUT2D eigenvalue weighted by Gasteiger charge is 2.20. The van der Waals surface area contributed by atoms with E-state index in [1.165, 1.54) is 0 Å². The third kappa shape index (κ3) is 5.96. The summed E-state index contributed by atoms with van der Waals surface area (Å²) in [4.78, 5) is 38.4. The van der Waals surface area contributed by atoms with Crippen molar-refractivity contribution in [2.45, 2.75) is 12.5 Å². The number of para-hydroxylation sites is 1. The molecule has 4 N–H and O–H groups in total. The number of urea groups is 1. The number of aromatic amines is 1. The molecule has 0 spiro atoms. The number of rotatable bonds is 9. The van der Waals surface area contributed by atoms with Crippen LogP contribution in [0.5, 0.6) is 11.5 Å². The van der Waals surface area contributed by atoms with E-state index in [2.05, 4.69) is 10.3 Å². The number of H-pyrrole nitrogens is 1. The smallest absolute Gasteiger partial charge is 0.312 e. The summed E-state index contributed by atoms with van der Waals surface area (Å²) in [5.41, 5.74) is 6.22. The Morgan fingerprint density at radius 3 is 2.43 bits per heavy atom. The molecule has 154 valence electrons. The third-order valence-corrected chi connectivity index (χ3v) is 4.19. The fraction of sp³-hybridized carbons (Fsp3) is 0.136. The topological polar surface area (TPSA) is 124 Å². The lowest BCUT2D eigenvalue weighted by Gasteiger charge is -2.18. The molecular weight excluding hydrogens is 386 g/mol. The first kappa shape index (κ1) is 20.7. The molecule has 1 heterocycles. The van der Waals surface area contributed by atoms with E-state index in [1.807, 2.05) is 30.3 Å². The predicted molar refractivity (Wildman–Crippen MR) is 109 cm³/mol. The Kier molecular flexibility index (Phi) is 6.83. The van der Waals surface area contributed by atoms with Crippen molar-refractivity contribution in [3.63, 3.8) is 0 Å². The van der Waals surface area contributed by atoms with Crippen LogP contribution in [-0.4, -0.2) is 29.4 Å². The Labute approximate surface area is 173 Å². The molecule has 0 saturated carbocycles. The van der Waals surface area contributed by atoms with E-state index < -0.39 is 24.6 Å². The van der Waals surface area contributed by atoms with Gasteiger partial charge in [0.1, 0.15) is 11.5 Å². The summed E-state index contributed by atoms with van der Waals surface area (Å²) in [6.45, 7) is -0.403. The quantitative estimate of drug-likeness (QED) is 0.371. The van der Waals surface area contributed by atoms with Crippen LogP contribution >= 0.6 is 0 Å². The summed E-state index contributed by atoms with van der Waals surface area (Å²) < 4.78 is 10.8. The highest BCUT2D eigenvalue weighted by molar-refractivity contribution is 5.96. The molecule has 0 bridgehead atoms. The molecule has 8 heteroatoms. The summed E-state index contributed by atoms with van der Waals surface area (Å²) in [6, 6.07) is 17.9.